The zero-order valence-electron chi connectivity index (χ0n) is 10.6. The van der Waals surface area contributed by atoms with Crippen molar-refractivity contribution in [1.82, 2.24) is 5.32 Å². The van der Waals surface area contributed by atoms with E-state index in [2.05, 4.69) is 10.1 Å². The van der Waals surface area contributed by atoms with Crippen molar-refractivity contribution in [3.05, 3.63) is 35.4 Å². The lowest BCUT2D eigenvalue weighted by Crippen LogP contribution is -2.25. The van der Waals surface area contributed by atoms with Gasteiger partial charge >= 0.3 is 6.18 Å². The third-order valence-electron chi connectivity index (χ3n) is 2.54. The summed E-state index contributed by atoms with van der Waals surface area (Å²) in [6.07, 6.45) is -4.25. The molecule has 18 heavy (non-hydrogen) atoms. The molecule has 1 aromatic rings. The van der Waals surface area contributed by atoms with Gasteiger partial charge in [-0.3, -0.25) is 0 Å². The van der Waals surface area contributed by atoms with Gasteiger partial charge in [0.2, 0.25) is 0 Å². The molecule has 1 aromatic carbocycles. The van der Waals surface area contributed by atoms with E-state index < -0.39 is 12.8 Å². The molecular weight excluding hydrogens is 243 g/mol. The average molecular weight is 261 g/mol. The van der Waals surface area contributed by atoms with Gasteiger partial charge in [0.05, 0.1) is 6.61 Å². The van der Waals surface area contributed by atoms with E-state index in [0.717, 1.165) is 5.56 Å². The summed E-state index contributed by atoms with van der Waals surface area (Å²) in [5.41, 5.74) is 2.29. The van der Waals surface area contributed by atoms with Crippen LogP contribution in [0.2, 0.25) is 0 Å². The number of nitrogens with one attached hydrogen (secondary N) is 1. The van der Waals surface area contributed by atoms with Gasteiger partial charge in [-0.05, 0) is 19.4 Å². The predicted octanol–water partition coefficient (Wildman–Crippen LogP) is 3.22. The van der Waals surface area contributed by atoms with Crippen LogP contribution in [0.1, 0.15) is 24.1 Å². The molecule has 5 heteroatoms. The summed E-state index contributed by atoms with van der Waals surface area (Å²) in [5.74, 6) is 0. The van der Waals surface area contributed by atoms with Gasteiger partial charge in [0.15, 0.2) is 0 Å². The number of halogens is 3. The number of ether oxygens (including phenoxy) is 1. The van der Waals surface area contributed by atoms with Crippen LogP contribution in [0, 0.1) is 6.92 Å². The minimum absolute atomic E-state index is 0.0513. The molecule has 0 saturated carbocycles. The highest BCUT2D eigenvalue weighted by molar-refractivity contribution is 5.23. The van der Waals surface area contributed by atoms with Gasteiger partial charge in [0.1, 0.15) is 6.61 Å². The average Bonchev–Trinajstić information content (AvgIpc) is 2.27. The Kier molecular flexibility index (Phi) is 5.62. The maximum absolute atomic E-state index is 11.8. The Bertz CT molecular complexity index is 348. The number of aryl methyl sites for hydroxylation is 1. The molecule has 1 rings (SSSR count). The minimum Gasteiger partial charge on any atom is -0.371 e. The fourth-order valence-electron chi connectivity index (χ4n) is 1.51. The molecule has 0 radical (unpaired) electrons. The lowest BCUT2D eigenvalue weighted by atomic mass is 10.1. The molecule has 0 aliphatic heterocycles. The highest BCUT2D eigenvalue weighted by Gasteiger charge is 2.27. The van der Waals surface area contributed by atoms with Crippen LogP contribution >= 0.6 is 0 Å². The van der Waals surface area contributed by atoms with Crippen molar-refractivity contribution in [3.8, 4) is 0 Å². The first-order chi connectivity index (χ1) is 8.38. The van der Waals surface area contributed by atoms with Gasteiger partial charge in [0.25, 0.3) is 0 Å². The van der Waals surface area contributed by atoms with Gasteiger partial charge in [-0.2, -0.15) is 13.2 Å². The predicted molar refractivity (Wildman–Crippen MR) is 64.5 cm³/mol. The number of hydrogen-bond acceptors (Lipinski definition) is 2. The SMILES string of the molecule is Cc1ccc(C(C)NCCOCC(F)(F)F)cc1. The molecule has 0 spiro atoms. The smallest absolute Gasteiger partial charge is 0.371 e. The zero-order chi connectivity index (χ0) is 13.6. The highest BCUT2D eigenvalue weighted by atomic mass is 19.4. The molecule has 0 bridgehead atoms. The van der Waals surface area contributed by atoms with Crippen molar-refractivity contribution in [2.24, 2.45) is 0 Å². The third-order valence-corrected chi connectivity index (χ3v) is 2.54. The largest absolute Gasteiger partial charge is 0.411 e. The summed E-state index contributed by atoms with van der Waals surface area (Å²) in [6, 6.07) is 8.12. The molecule has 0 heterocycles. The van der Waals surface area contributed by atoms with E-state index in [4.69, 9.17) is 0 Å². The van der Waals surface area contributed by atoms with E-state index in [9.17, 15) is 13.2 Å². The molecule has 1 atom stereocenters. The summed E-state index contributed by atoms with van der Waals surface area (Å²) >= 11 is 0. The number of hydrogen-bond donors (Lipinski definition) is 1. The quantitative estimate of drug-likeness (QED) is 0.794. The second-order valence-electron chi connectivity index (χ2n) is 4.25. The fourth-order valence-corrected chi connectivity index (χ4v) is 1.51. The zero-order valence-corrected chi connectivity index (χ0v) is 10.6. The Morgan fingerprint density at radius 2 is 1.83 bits per heavy atom. The Hall–Kier alpha value is -1.07. The van der Waals surface area contributed by atoms with Gasteiger partial charge in [-0.15, -0.1) is 0 Å². The van der Waals surface area contributed by atoms with Crippen molar-refractivity contribution in [2.45, 2.75) is 26.1 Å². The van der Waals surface area contributed by atoms with E-state index in [1.54, 1.807) is 0 Å². The molecule has 0 amide bonds. The molecule has 0 saturated heterocycles. The maximum atomic E-state index is 11.8. The highest BCUT2D eigenvalue weighted by Crippen LogP contribution is 2.14. The first-order valence-corrected chi connectivity index (χ1v) is 5.83. The standard InChI is InChI=1S/C13H18F3NO/c1-10-3-5-12(6-4-10)11(2)17-7-8-18-9-13(14,15)16/h3-6,11,17H,7-9H2,1-2H3. The molecule has 0 fully saturated rings. The fraction of sp³-hybridized carbons (Fsp3) is 0.538. The minimum atomic E-state index is -4.25. The molecule has 1 N–H and O–H groups in total. The number of benzene rings is 1. The van der Waals surface area contributed by atoms with E-state index in [0.29, 0.717) is 6.54 Å². The molecular formula is C13H18F3NO. The molecule has 2 nitrogen and oxygen atoms in total. The normalized spacial score (nSPS) is 13.6. The second-order valence-corrected chi connectivity index (χ2v) is 4.25. The number of alkyl halides is 3. The third kappa shape index (κ3) is 6.02. The van der Waals surface area contributed by atoms with Crippen LogP contribution in [0.5, 0.6) is 0 Å². The Morgan fingerprint density at radius 1 is 1.22 bits per heavy atom. The van der Waals surface area contributed by atoms with Crippen LogP contribution in [-0.4, -0.2) is 25.9 Å². The van der Waals surface area contributed by atoms with Gasteiger partial charge in [0, 0.05) is 12.6 Å². The summed E-state index contributed by atoms with van der Waals surface area (Å²) in [4.78, 5) is 0. The van der Waals surface area contributed by atoms with Crippen LogP contribution in [0.25, 0.3) is 0 Å². The Labute approximate surface area is 105 Å². The Balaban J connectivity index is 2.21. The lowest BCUT2D eigenvalue weighted by Gasteiger charge is -2.15. The Morgan fingerprint density at radius 3 is 2.39 bits per heavy atom. The first kappa shape index (κ1) is 15.0. The van der Waals surface area contributed by atoms with E-state index in [-0.39, 0.29) is 12.6 Å². The van der Waals surface area contributed by atoms with Crippen molar-refractivity contribution in [2.75, 3.05) is 19.8 Å². The van der Waals surface area contributed by atoms with Gasteiger partial charge in [-0.25, -0.2) is 0 Å². The first-order valence-electron chi connectivity index (χ1n) is 5.83. The molecule has 0 aromatic heterocycles. The molecule has 0 aliphatic rings. The van der Waals surface area contributed by atoms with Gasteiger partial charge < -0.3 is 10.1 Å². The van der Waals surface area contributed by atoms with Crippen molar-refractivity contribution in [1.29, 1.82) is 0 Å². The second kappa shape index (κ2) is 6.75. The van der Waals surface area contributed by atoms with E-state index in [1.807, 2.05) is 38.1 Å². The van der Waals surface area contributed by atoms with Crippen LogP contribution in [0.15, 0.2) is 24.3 Å². The summed E-state index contributed by atoms with van der Waals surface area (Å²) < 4.78 is 39.9. The maximum Gasteiger partial charge on any atom is 0.411 e. The summed E-state index contributed by atoms with van der Waals surface area (Å²) in [7, 11) is 0. The lowest BCUT2D eigenvalue weighted by molar-refractivity contribution is -0.173. The summed E-state index contributed by atoms with van der Waals surface area (Å²) in [6.45, 7) is 3.23. The van der Waals surface area contributed by atoms with E-state index in [1.165, 1.54) is 5.56 Å². The summed E-state index contributed by atoms with van der Waals surface area (Å²) in [5, 5.41) is 3.11. The van der Waals surface area contributed by atoms with Gasteiger partial charge in [-0.1, -0.05) is 29.8 Å². The van der Waals surface area contributed by atoms with Crippen LogP contribution in [-0.2, 0) is 4.74 Å². The van der Waals surface area contributed by atoms with Crippen molar-refractivity contribution < 1.29 is 17.9 Å². The molecule has 0 aliphatic carbocycles. The van der Waals surface area contributed by atoms with Crippen molar-refractivity contribution in [3.63, 3.8) is 0 Å². The number of rotatable bonds is 6. The van der Waals surface area contributed by atoms with Crippen LogP contribution in [0.4, 0.5) is 13.2 Å². The van der Waals surface area contributed by atoms with Crippen LogP contribution in [0.3, 0.4) is 0 Å². The van der Waals surface area contributed by atoms with Crippen molar-refractivity contribution >= 4 is 0 Å². The molecule has 102 valence electrons. The van der Waals surface area contributed by atoms with Crippen LogP contribution < -0.4 is 5.32 Å². The van der Waals surface area contributed by atoms with E-state index >= 15 is 0 Å². The topological polar surface area (TPSA) is 21.3 Å². The molecule has 1 unspecified atom stereocenters. The monoisotopic (exact) mass is 261 g/mol.